The molecule has 0 bridgehead atoms. The van der Waals surface area contributed by atoms with Gasteiger partial charge in [0.15, 0.2) is 0 Å². The van der Waals surface area contributed by atoms with Gasteiger partial charge in [0.05, 0.1) is 18.2 Å². The average Bonchev–Trinajstić information content (AvgIpc) is 2.56. The molecule has 1 fully saturated rings. The molecule has 21 heavy (non-hydrogen) atoms. The van der Waals surface area contributed by atoms with Crippen LogP contribution in [-0.4, -0.2) is 24.7 Å². The highest BCUT2D eigenvalue weighted by Gasteiger charge is 2.23. The lowest BCUT2D eigenvalue weighted by molar-refractivity contribution is 0.0395. The third-order valence-electron chi connectivity index (χ3n) is 3.51. The van der Waals surface area contributed by atoms with Gasteiger partial charge >= 0.3 is 0 Å². The van der Waals surface area contributed by atoms with Crippen molar-refractivity contribution >= 4 is 21.7 Å². The monoisotopic (exact) mass is 343 g/mol. The molecule has 1 aromatic heterocycles. The van der Waals surface area contributed by atoms with E-state index in [4.69, 9.17) is 10.00 Å². The number of morpholine rings is 1. The lowest BCUT2D eigenvalue weighted by Gasteiger charge is -2.34. The number of nitrogens with zero attached hydrogens (tertiary/aromatic N) is 3. The van der Waals surface area contributed by atoms with E-state index in [1.165, 1.54) is 0 Å². The van der Waals surface area contributed by atoms with Crippen LogP contribution in [-0.2, 0) is 4.74 Å². The Morgan fingerprint density at radius 3 is 2.86 bits per heavy atom. The molecular weight excluding hydrogens is 330 g/mol. The zero-order chi connectivity index (χ0) is 14.7. The molecule has 0 radical (unpaired) electrons. The molecular formula is C16H14BrN3O. The topological polar surface area (TPSA) is 49.2 Å². The van der Waals surface area contributed by atoms with Gasteiger partial charge in [0.25, 0.3) is 0 Å². The predicted octanol–water partition coefficient (Wildman–Crippen LogP) is 3.29. The van der Waals surface area contributed by atoms with Gasteiger partial charge in [-0.05, 0) is 29.8 Å². The minimum atomic E-state index is 0.0272. The smallest absolute Gasteiger partial charge is 0.129 e. The third kappa shape index (κ3) is 3.23. The molecule has 2 aromatic rings. The van der Waals surface area contributed by atoms with E-state index < -0.39 is 0 Å². The molecule has 1 aromatic carbocycles. The van der Waals surface area contributed by atoms with Crippen molar-refractivity contribution in [2.45, 2.75) is 6.10 Å². The molecule has 1 aliphatic rings. The van der Waals surface area contributed by atoms with Gasteiger partial charge in [-0.2, -0.15) is 5.26 Å². The summed E-state index contributed by atoms with van der Waals surface area (Å²) in [6.07, 6.45) is 1.71. The molecule has 106 valence electrons. The molecule has 2 heterocycles. The summed E-state index contributed by atoms with van der Waals surface area (Å²) < 4.78 is 6.92. The largest absolute Gasteiger partial charge is 0.370 e. The van der Waals surface area contributed by atoms with Gasteiger partial charge in [-0.1, -0.05) is 28.1 Å². The minimum absolute atomic E-state index is 0.0272. The van der Waals surface area contributed by atoms with Crippen LogP contribution in [0.4, 0.5) is 5.82 Å². The van der Waals surface area contributed by atoms with Crippen LogP contribution >= 0.6 is 15.9 Å². The van der Waals surface area contributed by atoms with Gasteiger partial charge in [-0.3, -0.25) is 0 Å². The second kappa shape index (κ2) is 6.25. The van der Waals surface area contributed by atoms with Crippen LogP contribution in [0.2, 0.25) is 0 Å². The van der Waals surface area contributed by atoms with Crippen LogP contribution < -0.4 is 4.90 Å². The van der Waals surface area contributed by atoms with E-state index in [1.54, 1.807) is 12.3 Å². The Balaban J connectivity index is 1.79. The molecule has 1 atom stereocenters. The number of hydrogen-bond acceptors (Lipinski definition) is 4. The maximum Gasteiger partial charge on any atom is 0.129 e. The molecule has 4 nitrogen and oxygen atoms in total. The van der Waals surface area contributed by atoms with Gasteiger partial charge in [0.1, 0.15) is 11.9 Å². The molecule has 1 aliphatic heterocycles. The molecule has 3 rings (SSSR count). The van der Waals surface area contributed by atoms with Crippen LogP contribution in [0.15, 0.2) is 47.1 Å². The molecule has 1 unspecified atom stereocenters. The van der Waals surface area contributed by atoms with E-state index >= 15 is 0 Å². The zero-order valence-corrected chi connectivity index (χ0v) is 13.0. The van der Waals surface area contributed by atoms with E-state index in [0.717, 1.165) is 28.9 Å². The Labute approximate surface area is 132 Å². The summed E-state index contributed by atoms with van der Waals surface area (Å²) in [4.78, 5) is 6.53. The molecule has 0 aliphatic carbocycles. The van der Waals surface area contributed by atoms with Crippen LogP contribution in [0.1, 0.15) is 17.2 Å². The van der Waals surface area contributed by atoms with E-state index in [9.17, 15) is 0 Å². The SMILES string of the molecule is N#Cc1ccnc(N2CCOC(c3ccc(Br)cc3)C2)c1. The fraction of sp³-hybridized carbons (Fsp3) is 0.250. The van der Waals surface area contributed by atoms with E-state index in [2.05, 4.69) is 44.0 Å². The fourth-order valence-electron chi connectivity index (χ4n) is 2.40. The van der Waals surface area contributed by atoms with Crippen LogP contribution in [0.3, 0.4) is 0 Å². The molecule has 0 saturated carbocycles. The number of rotatable bonds is 2. The Bertz CT molecular complexity index is 666. The lowest BCUT2D eigenvalue weighted by Crippen LogP contribution is -2.38. The number of benzene rings is 1. The maximum atomic E-state index is 8.99. The van der Waals surface area contributed by atoms with Gasteiger partial charge in [0.2, 0.25) is 0 Å². The lowest BCUT2D eigenvalue weighted by atomic mass is 10.1. The van der Waals surface area contributed by atoms with Crippen molar-refractivity contribution in [1.82, 2.24) is 4.98 Å². The van der Waals surface area contributed by atoms with Crippen molar-refractivity contribution in [1.29, 1.82) is 5.26 Å². The van der Waals surface area contributed by atoms with Gasteiger partial charge in [-0.15, -0.1) is 0 Å². The van der Waals surface area contributed by atoms with E-state index in [0.29, 0.717) is 12.2 Å². The van der Waals surface area contributed by atoms with Gasteiger partial charge in [0, 0.05) is 23.8 Å². The maximum absolute atomic E-state index is 8.99. The third-order valence-corrected chi connectivity index (χ3v) is 4.04. The van der Waals surface area contributed by atoms with Crippen LogP contribution in [0, 0.1) is 11.3 Å². The van der Waals surface area contributed by atoms with Crippen molar-refractivity contribution in [2.75, 3.05) is 24.6 Å². The number of ether oxygens (including phenoxy) is 1. The van der Waals surface area contributed by atoms with Crippen LogP contribution in [0.5, 0.6) is 0 Å². The average molecular weight is 344 g/mol. The van der Waals surface area contributed by atoms with Crippen molar-refractivity contribution in [2.24, 2.45) is 0 Å². The molecule has 5 heteroatoms. The summed E-state index contributed by atoms with van der Waals surface area (Å²) >= 11 is 3.44. The molecule has 0 spiro atoms. The van der Waals surface area contributed by atoms with Gasteiger partial charge in [-0.25, -0.2) is 4.98 Å². The first-order valence-corrected chi connectivity index (χ1v) is 7.54. The highest BCUT2D eigenvalue weighted by atomic mass is 79.9. The van der Waals surface area contributed by atoms with Gasteiger partial charge < -0.3 is 9.64 Å². The summed E-state index contributed by atoms with van der Waals surface area (Å²) in [6.45, 7) is 2.18. The Morgan fingerprint density at radius 2 is 2.10 bits per heavy atom. The number of anilines is 1. The number of halogens is 1. The first kappa shape index (κ1) is 14.1. The first-order valence-electron chi connectivity index (χ1n) is 6.74. The predicted molar refractivity (Wildman–Crippen MR) is 84.0 cm³/mol. The second-order valence-corrected chi connectivity index (χ2v) is 5.79. The minimum Gasteiger partial charge on any atom is -0.370 e. The standard InChI is InChI=1S/C16H14BrN3O/c17-14-3-1-13(2-4-14)15-11-20(7-8-21-15)16-9-12(10-18)5-6-19-16/h1-6,9,15H,7-8,11H2. The number of hydrogen-bond donors (Lipinski definition) is 0. The number of pyridine rings is 1. The molecule has 0 amide bonds. The van der Waals surface area contributed by atoms with Crippen molar-refractivity contribution in [3.05, 3.63) is 58.2 Å². The summed E-state index contributed by atoms with van der Waals surface area (Å²) in [7, 11) is 0. The summed E-state index contributed by atoms with van der Waals surface area (Å²) in [5.74, 6) is 0.833. The normalized spacial score (nSPS) is 18.3. The fourth-order valence-corrected chi connectivity index (χ4v) is 2.66. The summed E-state index contributed by atoms with van der Waals surface area (Å²) in [5.41, 5.74) is 1.78. The molecule has 1 saturated heterocycles. The quantitative estimate of drug-likeness (QED) is 0.839. The number of nitriles is 1. The Hall–Kier alpha value is -1.90. The molecule has 0 N–H and O–H groups in total. The van der Waals surface area contributed by atoms with E-state index in [-0.39, 0.29) is 6.10 Å². The number of aromatic nitrogens is 1. The summed E-state index contributed by atoms with van der Waals surface area (Å²) in [6, 6.07) is 13.9. The van der Waals surface area contributed by atoms with Crippen molar-refractivity contribution in [3.8, 4) is 6.07 Å². The van der Waals surface area contributed by atoms with Crippen LogP contribution in [0.25, 0.3) is 0 Å². The van der Waals surface area contributed by atoms with Crippen molar-refractivity contribution in [3.63, 3.8) is 0 Å². The highest BCUT2D eigenvalue weighted by Crippen LogP contribution is 2.26. The Kier molecular flexibility index (Phi) is 4.18. The van der Waals surface area contributed by atoms with Crippen molar-refractivity contribution < 1.29 is 4.74 Å². The van der Waals surface area contributed by atoms with E-state index in [1.807, 2.05) is 18.2 Å². The Morgan fingerprint density at radius 1 is 1.29 bits per heavy atom. The zero-order valence-electron chi connectivity index (χ0n) is 11.4. The first-order chi connectivity index (χ1) is 10.3. The second-order valence-electron chi connectivity index (χ2n) is 4.87. The summed E-state index contributed by atoms with van der Waals surface area (Å²) in [5, 5.41) is 8.99. The highest BCUT2D eigenvalue weighted by molar-refractivity contribution is 9.10.